The van der Waals surface area contributed by atoms with Crippen LogP contribution in [0.15, 0.2) is 30.5 Å². The van der Waals surface area contributed by atoms with Crippen LogP contribution in [0.5, 0.6) is 5.75 Å². The van der Waals surface area contributed by atoms with Crippen LogP contribution in [-0.4, -0.2) is 16.6 Å². The fraction of sp³-hybridized carbons (Fsp3) is 0.583. The number of hydrogen-bond donors (Lipinski definition) is 0. The van der Waals surface area contributed by atoms with Gasteiger partial charge in [0, 0.05) is 17.3 Å². The van der Waals surface area contributed by atoms with Gasteiger partial charge < -0.3 is 4.74 Å². The summed E-state index contributed by atoms with van der Waals surface area (Å²) in [7, 11) is 0. The monoisotopic (exact) mass is 386 g/mol. The van der Waals surface area contributed by atoms with E-state index in [0.29, 0.717) is 17.8 Å². The van der Waals surface area contributed by atoms with E-state index in [2.05, 4.69) is 23.8 Å². The van der Waals surface area contributed by atoms with Crippen LogP contribution in [0.3, 0.4) is 0 Å². The van der Waals surface area contributed by atoms with E-state index in [1.165, 1.54) is 44.9 Å². The van der Waals surface area contributed by atoms with Crippen LogP contribution in [0.1, 0.15) is 83.6 Å². The number of benzene rings is 1. The fourth-order valence-corrected chi connectivity index (χ4v) is 3.21. The number of rotatable bonds is 14. The number of halogens is 1. The van der Waals surface area contributed by atoms with Gasteiger partial charge in [0.25, 0.3) is 0 Å². The van der Waals surface area contributed by atoms with Gasteiger partial charge in [-0.05, 0) is 43.5 Å². The van der Waals surface area contributed by atoms with Crippen molar-refractivity contribution in [2.24, 2.45) is 0 Å². The number of hydrogen-bond acceptors (Lipinski definition) is 3. The fourth-order valence-electron chi connectivity index (χ4n) is 3.21. The molecule has 0 aliphatic carbocycles. The summed E-state index contributed by atoms with van der Waals surface area (Å²) in [6, 6.07) is 7.57. The van der Waals surface area contributed by atoms with Gasteiger partial charge in [-0.15, -0.1) is 0 Å². The van der Waals surface area contributed by atoms with Gasteiger partial charge >= 0.3 is 0 Å². The van der Waals surface area contributed by atoms with Gasteiger partial charge in [0.1, 0.15) is 5.75 Å². The normalized spacial score (nSPS) is 11.0. The highest BCUT2D eigenvalue weighted by Crippen LogP contribution is 2.21. The standard InChI is InChI=1S/C24H35FN2O/c1-3-5-7-8-9-10-11-13-21-19-26-24(27-23(21)25)20-14-16-22(17-15-20)28-18-12-6-4-2/h14-17,19H,3-13,18H2,1-2H3. The van der Waals surface area contributed by atoms with Gasteiger partial charge in [-0.3, -0.25) is 0 Å². The molecule has 154 valence electrons. The molecule has 1 aromatic carbocycles. The molecule has 0 saturated carbocycles. The summed E-state index contributed by atoms with van der Waals surface area (Å²) in [6.45, 7) is 5.13. The third-order valence-corrected chi connectivity index (χ3v) is 4.99. The first-order valence-corrected chi connectivity index (χ1v) is 11.0. The largest absolute Gasteiger partial charge is 0.494 e. The van der Waals surface area contributed by atoms with E-state index in [4.69, 9.17) is 4.74 Å². The maximum Gasteiger partial charge on any atom is 0.219 e. The lowest BCUT2D eigenvalue weighted by Gasteiger charge is -2.08. The first-order valence-electron chi connectivity index (χ1n) is 11.0. The molecule has 0 aliphatic rings. The molecule has 1 heterocycles. The average molecular weight is 387 g/mol. The lowest BCUT2D eigenvalue weighted by molar-refractivity contribution is 0.306. The Kier molecular flexibility index (Phi) is 10.6. The molecule has 2 aromatic rings. The van der Waals surface area contributed by atoms with Gasteiger partial charge in [0.05, 0.1) is 6.61 Å². The molecule has 0 N–H and O–H groups in total. The van der Waals surface area contributed by atoms with Crippen LogP contribution < -0.4 is 4.74 Å². The summed E-state index contributed by atoms with van der Waals surface area (Å²) < 4.78 is 20.1. The first-order chi connectivity index (χ1) is 13.7. The van der Waals surface area contributed by atoms with Crippen molar-refractivity contribution < 1.29 is 9.13 Å². The van der Waals surface area contributed by atoms with Crippen molar-refractivity contribution in [2.45, 2.75) is 84.5 Å². The topological polar surface area (TPSA) is 35.0 Å². The summed E-state index contributed by atoms with van der Waals surface area (Å²) in [4.78, 5) is 8.45. The molecule has 0 atom stereocenters. The van der Waals surface area contributed by atoms with Crippen molar-refractivity contribution >= 4 is 0 Å². The van der Waals surface area contributed by atoms with Crippen molar-refractivity contribution in [1.82, 2.24) is 9.97 Å². The number of aryl methyl sites for hydroxylation is 1. The van der Waals surface area contributed by atoms with Gasteiger partial charge in [-0.25, -0.2) is 4.98 Å². The van der Waals surface area contributed by atoms with Crippen molar-refractivity contribution in [2.75, 3.05) is 6.61 Å². The summed E-state index contributed by atoms with van der Waals surface area (Å²) >= 11 is 0. The van der Waals surface area contributed by atoms with Crippen LogP contribution in [0.25, 0.3) is 11.4 Å². The minimum Gasteiger partial charge on any atom is -0.494 e. The smallest absolute Gasteiger partial charge is 0.219 e. The number of nitrogens with zero attached hydrogens (tertiary/aromatic N) is 2. The SMILES string of the molecule is CCCCCCCCCc1cnc(-c2ccc(OCCCCC)cc2)nc1F. The van der Waals surface area contributed by atoms with E-state index in [0.717, 1.165) is 37.2 Å². The molecule has 0 saturated heterocycles. The van der Waals surface area contributed by atoms with E-state index < -0.39 is 5.95 Å². The number of unbranched alkanes of at least 4 members (excludes halogenated alkanes) is 8. The zero-order valence-corrected chi connectivity index (χ0v) is 17.6. The van der Waals surface area contributed by atoms with Crippen LogP contribution in [0.2, 0.25) is 0 Å². The Balaban J connectivity index is 1.80. The van der Waals surface area contributed by atoms with Gasteiger partial charge in [0.2, 0.25) is 5.95 Å². The molecule has 0 fully saturated rings. The Hall–Kier alpha value is -1.97. The summed E-state index contributed by atoms with van der Waals surface area (Å²) in [6.07, 6.45) is 14.3. The highest BCUT2D eigenvalue weighted by molar-refractivity contribution is 5.56. The second-order valence-corrected chi connectivity index (χ2v) is 7.46. The van der Waals surface area contributed by atoms with Gasteiger partial charge in [-0.2, -0.15) is 9.37 Å². The highest BCUT2D eigenvalue weighted by Gasteiger charge is 2.09. The lowest BCUT2D eigenvalue weighted by atomic mass is 10.1. The molecule has 0 spiro atoms. The van der Waals surface area contributed by atoms with Crippen LogP contribution in [0.4, 0.5) is 4.39 Å². The van der Waals surface area contributed by atoms with Crippen molar-refractivity contribution in [3.05, 3.63) is 42.0 Å². The molecule has 0 unspecified atom stereocenters. The molecule has 0 bridgehead atoms. The second-order valence-electron chi connectivity index (χ2n) is 7.46. The first kappa shape index (κ1) is 22.3. The van der Waals surface area contributed by atoms with E-state index in [1.807, 2.05) is 24.3 Å². The van der Waals surface area contributed by atoms with Crippen LogP contribution in [0, 0.1) is 5.95 Å². The highest BCUT2D eigenvalue weighted by atomic mass is 19.1. The average Bonchev–Trinajstić information content (AvgIpc) is 2.72. The number of aromatic nitrogens is 2. The van der Waals surface area contributed by atoms with Crippen molar-refractivity contribution in [3.63, 3.8) is 0 Å². The maximum atomic E-state index is 14.4. The van der Waals surface area contributed by atoms with Crippen LogP contribution >= 0.6 is 0 Å². The third-order valence-electron chi connectivity index (χ3n) is 4.99. The molecule has 3 nitrogen and oxygen atoms in total. The van der Waals surface area contributed by atoms with Crippen molar-refractivity contribution in [1.29, 1.82) is 0 Å². The summed E-state index contributed by atoms with van der Waals surface area (Å²) in [5.41, 5.74) is 1.43. The molecule has 0 amide bonds. The summed E-state index contributed by atoms with van der Waals surface area (Å²) in [5, 5.41) is 0. The molecular weight excluding hydrogens is 351 g/mol. The zero-order valence-electron chi connectivity index (χ0n) is 17.6. The molecule has 0 aliphatic heterocycles. The molecule has 4 heteroatoms. The van der Waals surface area contributed by atoms with E-state index in [9.17, 15) is 4.39 Å². The Labute approximate surface area is 169 Å². The van der Waals surface area contributed by atoms with Crippen LogP contribution in [-0.2, 0) is 6.42 Å². The molecule has 2 rings (SSSR count). The Morgan fingerprint density at radius 1 is 0.821 bits per heavy atom. The molecular formula is C24H35FN2O. The minimum absolute atomic E-state index is 0.393. The molecule has 1 aromatic heterocycles. The second kappa shape index (κ2) is 13.2. The Morgan fingerprint density at radius 3 is 2.14 bits per heavy atom. The van der Waals surface area contributed by atoms with E-state index in [1.54, 1.807) is 6.20 Å². The number of ether oxygens (including phenoxy) is 1. The third kappa shape index (κ3) is 7.95. The van der Waals surface area contributed by atoms with E-state index >= 15 is 0 Å². The molecule has 0 radical (unpaired) electrons. The van der Waals surface area contributed by atoms with Gasteiger partial charge in [0.15, 0.2) is 5.82 Å². The predicted octanol–water partition coefficient (Wildman–Crippen LogP) is 7.14. The molecule has 28 heavy (non-hydrogen) atoms. The quantitative estimate of drug-likeness (QED) is 0.255. The summed E-state index contributed by atoms with van der Waals surface area (Å²) in [5.74, 6) is 0.866. The van der Waals surface area contributed by atoms with E-state index in [-0.39, 0.29) is 0 Å². The maximum absolute atomic E-state index is 14.4. The minimum atomic E-state index is -0.393. The lowest BCUT2D eigenvalue weighted by Crippen LogP contribution is -2.00. The predicted molar refractivity (Wildman–Crippen MR) is 114 cm³/mol. The van der Waals surface area contributed by atoms with Gasteiger partial charge in [-0.1, -0.05) is 65.2 Å². The Morgan fingerprint density at radius 2 is 1.46 bits per heavy atom. The zero-order chi connectivity index (χ0) is 20.0. The van der Waals surface area contributed by atoms with Crippen molar-refractivity contribution in [3.8, 4) is 17.1 Å². The Bertz CT molecular complexity index is 673.